The van der Waals surface area contributed by atoms with Crippen molar-refractivity contribution in [3.05, 3.63) is 0 Å². The molecule has 5 heteroatoms. The van der Waals surface area contributed by atoms with Gasteiger partial charge in [-0.2, -0.15) is 0 Å². The monoisotopic (exact) mass is 218 g/mol. The van der Waals surface area contributed by atoms with E-state index in [4.69, 9.17) is 5.73 Å². The highest BCUT2D eigenvalue weighted by Gasteiger charge is 2.62. The summed E-state index contributed by atoms with van der Waals surface area (Å²) in [5.41, 5.74) is 5.52. The highest BCUT2D eigenvalue weighted by atomic mass is 19.3. The van der Waals surface area contributed by atoms with Crippen LogP contribution in [0, 0.1) is 11.8 Å². The minimum Gasteiger partial charge on any atom is -0.342 e. The van der Waals surface area contributed by atoms with Crippen LogP contribution in [0.2, 0.25) is 0 Å². The van der Waals surface area contributed by atoms with Gasteiger partial charge in [0.05, 0.1) is 0 Å². The van der Waals surface area contributed by atoms with E-state index in [0.717, 1.165) is 12.8 Å². The van der Waals surface area contributed by atoms with E-state index in [2.05, 4.69) is 0 Å². The van der Waals surface area contributed by atoms with Crippen molar-refractivity contribution in [2.45, 2.75) is 25.2 Å². The van der Waals surface area contributed by atoms with Gasteiger partial charge in [-0.15, -0.1) is 0 Å². The Balaban J connectivity index is 1.91. The Morgan fingerprint density at radius 2 is 2.20 bits per heavy atom. The molecule has 2 aliphatic rings. The SMILES string of the molecule is NC[C@@H]1CCCN(C(=O)C2CC2(F)F)C1. The number of carbonyl (C=O) groups is 1. The number of likely N-dealkylation sites (tertiary alicyclic amines) is 1. The maximum atomic E-state index is 12.7. The van der Waals surface area contributed by atoms with Crippen LogP contribution in [0.1, 0.15) is 19.3 Å². The number of nitrogens with two attached hydrogens (primary N) is 1. The van der Waals surface area contributed by atoms with Gasteiger partial charge in [-0.25, -0.2) is 8.78 Å². The quantitative estimate of drug-likeness (QED) is 0.746. The van der Waals surface area contributed by atoms with Crippen molar-refractivity contribution >= 4 is 5.91 Å². The van der Waals surface area contributed by atoms with E-state index in [0.29, 0.717) is 19.6 Å². The first-order valence-electron chi connectivity index (χ1n) is 5.41. The van der Waals surface area contributed by atoms with Crippen molar-refractivity contribution in [3.63, 3.8) is 0 Å². The van der Waals surface area contributed by atoms with E-state index in [9.17, 15) is 13.6 Å². The van der Waals surface area contributed by atoms with E-state index in [1.165, 1.54) is 0 Å². The zero-order valence-electron chi connectivity index (χ0n) is 8.59. The van der Waals surface area contributed by atoms with Crippen molar-refractivity contribution in [3.8, 4) is 0 Å². The van der Waals surface area contributed by atoms with Gasteiger partial charge in [0.25, 0.3) is 5.92 Å². The van der Waals surface area contributed by atoms with Crippen LogP contribution >= 0.6 is 0 Å². The molecule has 2 rings (SSSR count). The summed E-state index contributed by atoms with van der Waals surface area (Å²) in [5, 5.41) is 0. The summed E-state index contributed by atoms with van der Waals surface area (Å²) in [6.07, 6.45) is 1.61. The Bertz CT molecular complexity index is 270. The molecule has 0 aromatic heterocycles. The second-order valence-corrected chi connectivity index (χ2v) is 4.55. The van der Waals surface area contributed by atoms with Gasteiger partial charge in [0.1, 0.15) is 5.92 Å². The highest BCUT2D eigenvalue weighted by Crippen LogP contribution is 2.49. The molecule has 1 aliphatic carbocycles. The van der Waals surface area contributed by atoms with Crippen LogP contribution in [-0.4, -0.2) is 36.4 Å². The van der Waals surface area contributed by atoms with Crippen molar-refractivity contribution < 1.29 is 13.6 Å². The van der Waals surface area contributed by atoms with Crippen molar-refractivity contribution in [2.75, 3.05) is 19.6 Å². The molecule has 0 aromatic carbocycles. The number of alkyl halides is 2. The Kier molecular flexibility index (Phi) is 2.66. The number of hydrogen-bond donors (Lipinski definition) is 1. The second-order valence-electron chi connectivity index (χ2n) is 4.55. The lowest BCUT2D eigenvalue weighted by Gasteiger charge is -2.32. The van der Waals surface area contributed by atoms with Crippen LogP contribution in [0.4, 0.5) is 8.78 Å². The Hall–Kier alpha value is -0.710. The summed E-state index contributed by atoms with van der Waals surface area (Å²) < 4.78 is 25.4. The van der Waals surface area contributed by atoms with Gasteiger partial charge in [-0.3, -0.25) is 4.79 Å². The fraction of sp³-hybridized carbons (Fsp3) is 0.900. The topological polar surface area (TPSA) is 46.3 Å². The molecular formula is C10H16F2N2O. The lowest BCUT2D eigenvalue weighted by Crippen LogP contribution is -2.43. The van der Waals surface area contributed by atoms with Crippen LogP contribution in [0.5, 0.6) is 0 Å². The average Bonchev–Trinajstić information content (AvgIpc) is 2.87. The molecule has 1 amide bonds. The number of nitrogens with zero attached hydrogens (tertiary/aromatic N) is 1. The molecule has 0 radical (unpaired) electrons. The molecule has 1 unspecified atom stereocenters. The van der Waals surface area contributed by atoms with E-state index in [-0.39, 0.29) is 18.2 Å². The number of carbonyl (C=O) groups excluding carboxylic acids is 1. The molecule has 2 atom stereocenters. The summed E-state index contributed by atoms with van der Waals surface area (Å²) in [6.45, 7) is 1.70. The number of piperidine rings is 1. The highest BCUT2D eigenvalue weighted by molar-refractivity contribution is 5.83. The number of amides is 1. The maximum absolute atomic E-state index is 12.7. The standard InChI is InChI=1S/C10H16F2N2O/c11-10(12)4-8(10)9(15)14-3-1-2-7(5-13)6-14/h7-8H,1-6,13H2/t7-,8?/m0/s1. The van der Waals surface area contributed by atoms with E-state index < -0.39 is 11.8 Å². The number of hydrogen-bond acceptors (Lipinski definition) is 2. The summed E-state index contributed by atoms with van der Waals surface area (Å²) in [4.78, 5) is 13.2. The van der Waals surface area contributed by atoms with Crippen LogP contribution in [0.15, 0.2) is 0 Å². The smallest absolute Gasteiger partial charge is 0.260 e. The first kappa shape index (κ1) is 10.8. The third-order valence-corrected chi connectivity index (χ3v) is 3.29. The minimum atomic E-state index is -2.74. The van der Waals surface area contributed by atoms with Gasteiger partial charge in [0, 0.05) is 19.5 Å². The predicted molar refractivity (Wildman–Crippen MR) is 51.4 cm³/mol. The Morgan fingerprint density at radius 3 is 2.73 bits per heavy atom. The second kappa shape index (κ2) is 3.70. The third kappa shape index (κ3) is 2.12. The summed E-state index contributed by atoms with van der Waals surface area (Å²) in [6, 6.07) is 0. The molecule has 86 valence electrons. The van der Waals surface area contributed by atoms with Gasteiger partial charge in [-0.05, 0) is 25.3 Å². The third-order valence-electron chi connectivity index (χ3n) is 3.29. The summed E-state index contributed by atoms with van der Waals surface area (Å²) in [5.74, 6) is -3.88. The molecular weight excluding hydrogens is 202 g/mol. The Labute approximate surface area is 87.6 Å². The molecule has 1 saturated heterocycles. The number of halogens is 2. The van der Waals surface area contributed by atoms with Gasteiger partial charge in [0.15, 0.2) is 0 Å². The van der Waals surface area contributed by atoms with Crippen LogP contribution < -0.4 is 5.73 Å². The molecule has 1 saturated carbocycles. The van der Waals surface area contributed by atoms with Gasteiger partial charge < -0.3 is 10.6 Å². The van der Waals surface area contributed by atoms with E-state index in [1.54, 1.807) is 4.90 Å². The average molecular weight is 218 g/mol. The fourth-order valence-electron chi connectivity index (χ4n) is 2.16. The van der Waals surface area contributed by atoms with Crippen LogP contribution in [0.3, 0.4) is 0 Å². The molecule has 0 bridgehead atoms. The Morgan fingerprint density at radius 1 is 1.53 bits per heavy atom. The van der Waals surface area contributed by atoms with Crippen molar-refractivity contribution in [2.24, 2.45) is 17.6 Å². The molecule has 1 heterocycles. The molecule has 0 spiro atoms. The van der Waals surface area contributed by atoms with Crippen molar-refractivity contribution in [1.29, 1.82) is 0 Å². The number of rotatable bonds is 2. The summed E-state index contributed by atoms with van der Waals surface area (Å²) in [7, 11) is 0. The largest absolute Gasteiger partial charge is 0.342 e. The van der Waals surface area contributed by atoms with E-state index >= 15 is 0 Å². The lowest BCUT2D eigenvalue weighted by molar-refractivity contribution is -0.136. The molecule has 3 nitrogen and oxygen atoms in total. The summed E-state index contributed by atoms with van der Waals surface area (Å²) >= 11 is 0. The van der Waals surface area contributed by atoms with E-state index in [1.807, 2.05) is 0 Å². The van der Waals surface area contributed by atoms with Gasteiger partial charge in [0.2, 0.25) is 5.91 Å². The van der Waals surface area contributed by atoms with Crippen molar-refractivity contribution in [1.82, 2.24) is 4.90 Å². The predicted octanol–water partition coefficient (Wildman–Crippen LogP) is 0.839. The normalized spacial score (nSPS) is 33.9. The van der Waals surface area contributed by atoms with Crippen LogP contribution in [-0.2, 0) is 4.79 Å². The lowest BCUT2D eigenvalue weighted by atomic mass is 9.98. The zero-order chi connectivity index (χ0) is 11.1. The fourth-order valence-corrected chi connectivity index (χ4v) is 2.16. The molecule has 2 fully saturated rings. The molecule has 2 N–H and O–H groups in total. The van der Waals surface area contributed by atoms with Gasteiger partial charge in [-0.1, -0.05) is 0 Å². The first-order chi connectivity index (χ1) is 7.04. The molecule has 1 aliphatic heterocycles. The molecule has 15 heavy (non-hydrogen) atoms. The zero-order valence-corrected chi connectivity index (χ0v) is 8.59. The van der Waals surface area contributed by atoms with Gasteiger partial charge >= 0.3 is 0 Å². The molecule has 0 aromatic rings. The minimum absolute atomic E-state index is 0.268. The maximum Gasteiger partial charge on any atom is 0.260 e. The van der Waals surface area contributed by atoms with Crippen LogP contribution in [0.25, 0.3) is 0 Å². The first-order valence-corrected chi connectivity index (χ1v) is 5.41.